The van der Waals surface area contributed by atoms with Gasteiger partial charge in [0.2, 0.25) is 0 Å². The van der Waals surface area contributed by atoms with E-state index in [1.54, 1.807) is 0 Å². The Morgan fingerprint density at radius 3 is 2.11 bits per heavy atom. The van der Waals surface area contributed by atoms with Gasteiger partial charge in [-0.3, -0.25) is 0 Å². The monoisotopic (exact) mass is 146 g/mol. The van der Waals surface area contributed by atoms with Crippen LogP contribution in [0.3, 0.4) is 0 Å². The third-order valence-corrected chi connectivity index (χ3v) is 3.38. The Kier molecular flexibility index (Phi) is 3.44. The average molecular weight is 146 g/mol. The molecule has 0 aromatic rings. The van der Waals surface area contributed by atoms with Gasteiger partial charge in [0.05, 0.1) is 5.60 Å². The molecule has 0 aliphatic rings. The molecule has 0 aromatic heterocycles. The van der Waals surface area contributed by atoms with E-state index in [4.69, 9.17) is 4.43 Å². The summed E-state index contributed by atoms with van der Waals surface area (Å²) in [7, 11) is 0.850. The molecule has 0 aliphatic carbocycles. The van der Waals surface area contributed by atoms with E-state index in [9.17, 15) is 0 Å². The minimum Gasteiger partial charge on any atom is -0.423 e. The molecule has 0 saturated heterocycles. The molecule has 0 fully saturated rings. The highest BCUT2D eigenvalue weighted by molar-refractivity contribution is 5.98. The summed E-state index contributed by atoms with van der Waals surface area (Å²) in [5.74, 6) is 0.676. The molecule has 0 saturated carbocycles. The van der Waals surface area contributed by atoms with Crippen LogP contribution in [0.25, 0.3) is 0 Å². The Morgan fingerprint density at radius 1 is 1.56 bits per heavy atom. The van der Waals surface area contributed by atoms with Gasteiger partial charge in [0.1, 0.15) is 10.5 Å². The highest BCUT2D eigenvalue weighted by Crippen LogP contribution is 2.21. The second kappa shape index (κ2) is 3.37. The summed E-state index contributed by atoms with van der Waals surface area (Å²) < 4.78 is 5.43. The van der Waals surface area contributed by atoms with Crippen molar-refractivity contribution in [2.24, 2.45) is 5.92 Å². The second-order valence-electron chi connectivity index (χ2n) is 3.12. The molecule has 56 valence electrons. The summed E-state index contributed by atoms with van der Waals surface area (Å²) >= 11 is 0. The smallest absolute Gasteiger partial charge is 0.146 e. The van der Waals surface area contributed by atoms with Gasteiger partial charge in [-0.25, -0.2) is 0 Å². The summed E-state index contributed by atoms with van der Waals surface area (Å²) in [6.07, 6.45) is 1.20. The Balaban J connectivity index is 3.80. The van der Waals surface area contributed by atoms with E-state index in [1.807, 2.05) is 0 Å². The molecule has 0 bridgehead atoms. The minimum absolute atomic E-state index is 0.112. The van der Waals surface area contributed by atoms with Gasteiger partial charge in [0.15, 0.2) is 0 Å². The molecular formula is C7H18OSi. The quantitative estimate of drug-likeness (QED) is 0.542. The summed E-state index contributed by atoms with van der Waals surface area (Å²) in [4.78, 5) is 0. The van der Waals surface area contributed by atoms with E-state index in [0.29, 0.717) is 5.92 Å². The van der Waals surface area contributed by atoms with Crippen molar-refractivity contribution in [1.29, 1.82) is 0 Å². The van der Waals surface area contributed by atoms with Gasteiger partial charge in [-0.05, 0) is 19.8 Å². The molecule has 0 heterocycles. The molecule has 2 heteroatoms. The lowest BCUT2D eigenvalue weighted by Gasteiger charge is -2.30. The van der Waals surface area contributed by atoms with Gasteiger partial charge < -0.3 is 4.43 Å². The maximum atomic E-state index is 5.43. The Hall–Kier alpha value is 0.177. The van der Waals surface area contributed by atoms with Crippen molar-refractivity contribution in [1.82, 2.24) is 0 Å². The van der Waals surface area contributed by atoms with Gasteiger partial charge in [-0.15, -0.1) is 0 Å². The largest absolute Gasteiger partial charge is 0.423 e. The molecule has 1 atom stereocenters. The van der Waals surface area contributed by atoms with E-state index in [1.165, 1.54) is 6.42 Å². The zero-order valence-corrected chi connectivity index (χ0v) is 9.19. The molecule has 0 aliphatic heterocycles. The molecule has 0 amide bonds. The fourth-order valence-corrected chi connectivity index (χ4v) is 1.10. The normalized spacial score (nSPS) is 16.0. The lowest BCUT2D eigenvalue weighted by molar-refractivity contribution is 0.0600. The molecule has 1 unspecified atom stereocenters. The molecule has 0 aromatic carbocycles. The van der Waals surface area contributed by atoms with Crippen LogP contribution in [0.15, 0.2) is 0 Å². The highest BCUT2D eigenvalue weighted by Gasteiger charge is 2.22. The molecule has 0 radical (unpaired) electrons. The summed E-state index contributed by atoms with van der Waals surface area (Å²) in [5.41, 5.74) is 0.112. The highest BCUT2D eigenvalue weighted by atomic mass is 28.2. The van der Waals surface area contributed by atoms with E-state index in [0.717, 1.165) is 10.5 Å². The lowest BCUT2D eigenvalue weighted by Crippen LogP contribution is -2.31. The maximum absolute atomic E-state index is 5.43. The molecule has 0 spiro atoms. The Morgan fingerprint density at radius 2 is 2.00 bits per heavy atom. The Labute approximate surface area is 61.3 Å². The SMILES string of the molecule is CCC(C)C(C)(C)O[SiH3]. The minimum atomic E-state index is 0.112. The van der Waals surface area contributed by atoms with Crippen LogP contribution < -0.4 is 0 Å². The van der Waals surface area contributed by atoms with Crippen LogP contribution in [0.1, 0.15) is 34.1 Å². The van der Waals surface area contributed by atoms with Crippen molar-refractivity contribution in [3.63, 3.8) is 0 Å². The van der Waals surface area contributed by atoms with Gasteiger partial charge in [-0.1, -0.05) is 20.3 Å². The topological polar surface area (TPSA) is 9.23 Å². The van der Waals surface area contributed by atoms with Crippen LogP contribution in [-0.4, -0.2) is 16.1 Å². The summed E-state index contributed by atoms with van der Waals surface area (Å²) in [6.45, 7) is 8.76. The molecule has 9 heavy (non-hydrogen) atoms. The Bertz CT molecular complexity index is 81.0. The van der Waals surface area contributed by atoms with Gasteiger partial charge in [0.25, 0.3) is 0 Å². The predicted molar refractivity (Wildman–Crippen MR) is 44.6 cm³/mol. The van der Waals surface area contributed by atoms with Crippen LogP contribution in [0.2, 0.25) is 0 Å². The average Bonchev–Trinajstić information content (AvgIpc) is 1.86. The third-order valence-electron chi connectivity index (χ3n) is 2.33. The standard InChI is InChI=1S/C7H18OSi/c1-5-6(2)7(3,4)8-9/h6H,5H2,1-4,9H3. The van der Waals surface area contributed by atoms with Crippen molar-refractivity contribution in [2.45, 2.75) is 39.7 Å². The summed E-state index contributed by atoms with van der Waals surface area (Å²) in [5, 5.41) is 0. The van der Waals surface area contributed by atoms with E-state index >= 15 is 0 Å². The molecule has 0 N–H and O–H groups in total. The van der Waals surface area contributed by atoms with Crippen molar-refractivity contribution >= 4 is 10.5 Å². The lowest BCUT2D eigenvalue weighted by atomic mass is 9.91. The zero-order chi connectivity index (χ0) is 7.49. The first-order valence-corrected chi connectivity index (χ1v) is 4.41. The van der Waals surface area contributed by atoms with Crippen LogP contribution in [-0.2, 0) is 4.43 Å². The van der Waals surface area contributed by atoms with Gasteiger partial charge in [-0.2, -0.15) is 0 Å². The first kappa shape index (κ1) is 9.18. The van der Waals surface area contributed by atoms with E-state index in [2.05, 4.69) is 27.7 Å². The van der Waals surface area contributed by atoms with Crippen LogP contribution in [0.4, 0.5) is 0 Å². The number of rotatable bonds is 3. The van der Waals surface area contributed by atoms with Crippen molar-refractivity contribution < 1.29 is 4.43 Å². The number of hydrogen-bond acceptors (Lipinski definition) is 1. The van der Waals surface area contributed by atoms with Gasteiger partial charge >= 0.3 is 0 Å². The van der Waals surface area contributed by atoms with Crippen molar-refractivity contribution in [2.75, 3.05) is 0 Å². The first-order valence-electron chi connectivity index (χ1n) is 3.59. The number of hydrogen-bond donors (Lipinski definition) is 0. The van der Waals surface area contributed by atoms with Crippen LogP contribution in [0, 0.1) is 5.92 Å². The first-order chi connectivity index (χ1) is 4.04. The predicted octanol–water partition coefficient (Wildman–Crippen LogP) is 1.11. The van der Waals surface area contributed by atoms with E-state index < -0.39 is 0 Å². The van der Waals surface area contributed by atoms with Crippen LogP contribution in [0.5, 0.6) is 0 Å². The summed E-state index contributed by atoms with van der Waals surface area (Å²) in [6, 6.07) is 0. The fourth-order valence-electron chi connectivity index (χ4n) is 0.693. The molecule has 1 nitrogen and oxygen atoms in total. The third kappa shape index (κ3) is 2.50. The second-order valence-corrected chi connectivity index (χ2v) is 3.53. The van der Waals surface area contributed by atoms with Crippen molar-refractivity contribution in [3.05, 3.63) is 0 Å². The van der Waals surface area contributed by atoms with Crippen LogP contribution >= 0.6 is 0 Å². The zero-order valence-electron chi connectivity index (χ0n) is 7.19. The van der Waals surface area contributed by atoms with E-state index in [-0.39, 0.29) is 5.60 Å². The molecular weight excluding hydrogens is 128 g/mol. The van der Waals surface area contributed by atoms with Gasteiger partial charge in [0, 0.05) is 0 Å². The fraction of sp³-hybridized carbons (Fsp3) is 1.00. The maximum Gasteiger partial charge on any atom is 0.146 e. The van der Waals surface area contributed by atoms with Crippen molar-refractivity contribution in [3.8, 4) is 0 Å². The molecule has 0 rings (SSSR count).